The van der Waals surface area contributed by atoms with Gasteiger partial charge in [-0.3, -0.25) is 18.5 Å². The Morgan fingerprint density at radius 1 is 1.09 bits per heavy atom. The molecule has 1 fully saturated rings. The van der Waals surface area contributed by atoms with E-state index < -0.39 is 58.0 Å². The van der Waals surface area contributed by atoms with E-state index in [-0.39, 0.29) is 12.4 Å². The molecule has 3 heterocycles. The van der Waals surface area contributed by atoms with Crippen LogP contribution in [0, 0.1) is 0 Å². The number of nitrogens with zero attached hydrogens (tertiary/aromatic N) is 4. The van der Waals surface area contributed by atoms with E-state index in [2.05, 4.69) is 18.8 Å². The van der Waals surface area contributed by atoms with Crippen molar-refractivity contribution in [1.82, 2.24) is 19.1 Å². The summed E-state index contributed by atoms with van der Waals surface area (Å²) < 4.78 is 37.1. The zero-order valence-electron chi connectivity index (χ0n) is 15.9. The molecule has 2 aromatic heterocycles. The summed E-state index contributed by atoms with van der Waals surface area (Å²) >= 11 is 0. The summed E-state index contributed by atoms with van der Waals surface area (Å²) in [6.45, 7) is -1.22. The maximum absolute atomic E-state index is 12.8. The number of aliphatic hydroxyl groups excluding tert-OH is 2. The second-order valence-electron chi connectivity index (χ2n) is 6.48. The summed E-state index contributed by atoms with van der Waals surface area (Å²) in [5, 5.41) is 20.4. The van der Waals surface area contributed by atoms with Gasteiger partial charge in [-0.15, -0.1) is 0 Å². The molecule has 1 saturated heterocycles. The topological polar surface area (TPSA) is 233 Å². The average Bonchev–Trinajstić information content (AvgIpc) is 2.97. The molecule has 0 radical (unpaired) electrons. The minimum atomic E-state index is -5.36. The quantitative estimate of drug-likeness (QED) is 0.242. The molecule has 3 rings (SSSR count). The molecular weight excluding hydrogens is 478 g/mol. The van der Waals surface area contributed by atoms with Crippen LogP contribution in [-0.2, 0) is 29.2 Å². The van der Waals surface area contributed by atoms with Crippen molar-refractivity contribution >= 4 is 15.6 Å². The second kappa shape index (κ2) is 9.41. The Morgan fingerprint density at radius 3 is 2.38 bits per heavy atom. The van der Waals surface area contributed by atoms with Gasteiger partial charge in [0.25, 0.3) is 5.56 Å². The van der Waals surface area contributed by atoms with Gasteiger partial charge in [-0.25, -0.2) is 23.9 Å². The molecule has 5 N–H and O–H groups in total. The normalized spacial score (nSPS) is 25.5. The van der Waals surface area contributed by atoms with E-state index in [0.717, 1.165) is 21.4 Å². The van der Waals surface area contributed by atoms with Crippen LogP contribution in [0.3, 0.4) is 0 Å². The summed E-state index contributed by atoms with van der Waals surface area (Å²) in [5.41, 5.74) is -1.62. The standard InChI is InChI=1S/C14H18N4O12P2/c19-10-2-5-17(14(22)18(10)6-9-15-3-1-4-16-9)13-12(21)11(20)8(29-13)7-28-32(26,27)30-31(23,24)25/h1-5,8,11-13,20-21H,6-7H2,(H,26,27)(H2,23,24,25)/t8-,11?,12?,13-/m1/s1. The van der Waals surface area contributed by atoms with E-state index in [1.807, 2.05) is 0 Å². The van der Waals surface area contributed by atoms with Crippen molar-refractivity contribution in [3.05, 3.63) is 57.4 Å². The Morgan fingerprint density at radius 2 is 1.75 bits per heavy atom. The smallest absolute Gasteiger partial charge is 0.387 e. The molecule has 3 unspecified atom stereocenters. The Labute approximate surface area is 178 Å². The van der Waals surface area contributed by atoms with E-state index in [4.69, 9.17) is 14.5 Å². The fraction of sp³-hybridized carbons (Fsp3) is 0.429. The molecule has 16 nitrogen and oxygen atoms in total. The van der Waals surface area contributed by atoms with E-state index in [1.54, 1.807) is 0 Å². The lowest BCUT2D eigenvalue weighted by Crippen LogP contribution is -2.43. The van der Waals surface area contributed by atoms with Gasteiger partial charge in [-0.2, -0.15) is 4.31 Å². The summed E-state index contributed by atoms with van der Waals surface area (Å²) in [6, 6.07) is 2.55. The first kappa shape index (κ1) is 24.5. The minimum Gasteiger partial charge on any atom is -0.387 e. The third-order valence-corrected chi connectivity index (χ3v) is 6.39. The van der Waals surface area contributed by atoms with Gasteiger partial charge < -0.3 is 29.6 Å². The maximum Gasteiger partial charge on any atom is 0.481 e. The van der Waals surface area contributed by atoms with Crippen molar-refractivity contribution in [2.75, 3.05) is 6.61 Å². The summed E-state index contributed by atoms with van der Waals surface area (Å²) in [6.07, 6.45) is -2.66. The van der Waals surface area contributed by atoms with E-state index in [9.17, 15) is 33.8 Å². The molecular formula is C14H18N4O12P2. The maximum atomic E-state index is 12.8. The number of hydrogen-bond acceptors (Lipinski definition) is 11. The predicted octanol–water partition coefficient (Wildman–Crippen LogP) is -2.31. The summed E-state index contributed by atoms with van der Waals surface area (Å²) in [4.78, 5) is 59.3. The van der Waals surface area contributed by atoms with Crippen LogP contribution in [0.15, 0.2) is 40.3 Å². The Kier molecular flexibility index (Phi) is 7.21. The first-order valence-corrected chi connectivity index (χ1v) is 11.7. The first-order chi connectivity index (χ1) is 14.9. The van der Waals surface area contributed by atoms with Crippen LogP contribution >= 0.6 is 15.6 Å². The number of ether oxygens (including phenoxy) is 1. The molecule has 176 valence electrons. The fourth-order valence-corrected chi connectivity index (χ4v) is 4.45. The van der Waals surface area contributed by atoms with Crippen LogP contribution in [0.2, 0.25) is 0 Å². The fourth-order valence-electron chi connectivity index (χ4n) is 2.85. The van der Waals surface area contributed by atoms with Crippen LogP contribution in [0.4, 0.5) is 0 Å². The average molecular weight is 496 g/mol. The highest BCUT2D eigenvalue weighted by molar-refractivity contribution is 7.60. The van der Waals surface area contributed by atoms with E-state index >= 15 is 0 Å². The van der Waals surface area contributed by atoms with Crippen molar-refractivity contribution in [2.24, 2.45) is 0 Å². The molecule has 0 aliphatic carbocycles. The summed E-state index contributed by atoms with van der Waals surface area (Å²) in [5.74, 6) is 0.160. The third-order valence-electron chi connectivity index (χ3n) is 4.24. The second-order valence-corrected chi connectivity index (χ2v) is 9.31. The van der Waals surface area contributed by atoms with Gasteiger partial charge in [0.2, 0.25) is 0 Å². The molecule has 0 saturated carbocycles. The Balaban J connectivity index is 1.79. The van der Waals surface area contributed by atoms with Crippen molar-refractivity contribution in [3.63, 3.8) is 0 Å². The highest BCUT2D eigenvalue weighted by atomic mass is 31.3. The first-order valence-electron chi connectivity index (χ1n) is 8.72. The number of aliphatic hydroxyl groups is 2. The zero-order chi connectivity index (χ0) is 23.7. The van der Waals surface area contributed by atoms with Gasteiger partial charge in [-0.1, -0.05) is 0 Å². The molecule has 0 aromatic carbocycles. The number of rotatable bonds is 8. The van der Waals surface area contributed by atoms with Crippen molar-refractivity contribution < 1.29 is 47.6 Å². The molecule has 32 heavy (non-hydrogen) atoms. The highest BCUT2D eigenvalue weighted by Gasteiger charge is 2.46. The van der Waals surface area contributed by atoms with Crippen molar-refractivity contribution in [3.8, 4) is 0 Å². The molecule has 18 heteroatoms. The zero-order valence-corrected chi connectivity index (χ0v) is 17.7. The minimum absolute atomic E-state index is 0.160. The number of phosphoric acid groups is 2. The number of aromatic nitrogens is 4. The van der Waals surface area contributed by atoms with Crippen LogP contribution in [0.25, 0.3) is 0 Å². The largest absolute Gasteiger partial charge is 0.481 e. The lowest BCUT2D eigenvalue weighted by Gasteiger charge is -2.19. The molecule has 1 aliphatic rings. The lowest BCUT2D eigenvalue weighted by atomic mass is 10.1. The van der Waals surface area contributed by atoms with E-state index in [1.165, 1.54) is 18.5 Å². The number of phosphoric ester groups is 1. The molecule has 2 aromatic rings. The SMILES string of the molecule is O=c1ccn([C@@H]2O[C@H](COP(=O)(O)OP(=O)(O)O)C(O)C2O)c(=O)n1Cc1ncccn1. The Bertz CT molecular complexity index is 1160. The monoisotopic (exact) mass is 496 g/mol. The van der Waals surface area contributed by atoms with Crippen LogP contribution in [0.1, 0.15) is 12.1 Å². The van der Waals surface area contributed by atoms with Crippen LogP contribution in [-0.4, -0.2) is 68.9 Å². The van der Waals surface area contributed by atoms with Gasteiger partial charge in [0, 0.05) is 24.7 Å². The van der Waals surface area contributed by atoms with Gasteiger partial charge in [0.05, 0.1) is 13.2 Å². The molecule has 5 atom stereocenters. The predicted molar refractivity (Wildman–Crippen MR) is 101 cm³/mol. The van der Waals surface area contributed by atoms with Gasteiger partial charge in [0.15, 0.2) is 6.23 Å². The third kappa shape index (κ3) is 5.82. The molecule has 0 amide bonds. The lowest BCUT2D eigenvalue weighted by molar-refractivity contribution is -0.0547. The number of hydrogen-bond donors (Lipinski definition) is 5. The molecule has 1 aliphatic heterocycles. The summed E-state index contributed by atoms with van der Waals surface area (Å²) in [7, 11) is -10.6. The van der Waals surface area contributed by atoms with Crippen LogP contribution < -0.4 is 11.2 Å². The molecule has 0 bridgehead atoms. The van der Waals surface area contributed by atoms with Crippen LogP contribution in [0.5, 0.6) is 0 Å². The van der Waals surface area contributed by atoms with Crippen molar-refractivity contribution in [2.45, 2.75) is 31.1 Å². The Hall–Kier alpha value is -2.10. The van der Waals surface area contributed by atoms with Gasteiger partial charge in [-0.05, 0) is 6.07 Å². The van der Waals surface area contributed by atoms with Gasteiger partial charge in [0.1, 0.15) is 24.1 Å². The van der Waals surface area contributed by atoms with E-state index in [0.29, 0.717) is 0 Å². The highest BCUT2D eigenvalue weighted by Crippen LogP contribution is 2.57. The van der Waals surface area contributed by atoms with Gasteiger partial charge >= 0.3 is 21.3 Å². The molecule has 0 spiro atoms. The van der Waals surface area contributed by atoms with Crippen molar-refractivity contribution in [1.29, 1.82) is 0 Å².